The first-order valence-corrected chi connectivity index (χ1v) is 5.47. The van der Waals surface area contributed by atoms with Crippen molar-refractivity contribution in [3.63, 3.8) is 0 Å². The van der Waals surface area contributed by atoms with Crippen molar-refractivity contribution in [2.75, 3.05) is 30.8 Å². The number of rotatable bonds is 3. The normalized spacial score (nSPS) is 23.3. The standard InChI is InChI=1S/C12H15N3O2/c13-6-9-5-10(1-2-11(9)14)15-7-12(16)3-4-17-8-12/h1-2,5,15-16H,3-4,7-8,14H2. The summed E-state index contributed by atoms with van der Waals surface area (Å²) in [6.45, 7) is 1.34. The summed E-state index contributed by atoms with van der Waals surface area (Å²) in [5, 5.41) is 22.0. The maximum atomic E-state index is 10.1. The first kappa shape index (κ1) is 11.7. The summed E-state index contributed by atoms with van der Waals surface area (Å²) < 4.78 is 5.15. The van der Waals surface area contributed by atoms with Crippen LogP contribution in [-0.4, -0.2) is 30.5 Å². The van der Waals surface area contributed by atoms with E-state index in [0.717, 1.165) is 5.69 Å². The summed E-state index contributed by atoms with van der Waals surface area (Å²) in [4.78, 5) is 0. The van der Waals surface area contributed by atoms with Gasteiger partial charge in [-0.2, -0.15) is 5.26 Å². The van der Waals surface area contributed by atoms with Gasteiger partial charge in [0.15, 0.2) is 0 Å². The SMILES string of the molecule is N#Cc1cc(NCC2(O)CCOC2)ccc1N. The molecule has 1 saturated heterocycles. The van der Waals surface area contributed by atoms with Gasteiger partial charge in [0.1, 0.15) is 11.7 Å². The fourth-order valence-corrected chi connectivity index (χ4v) is 1.77. The number of nitrogens with one attached hydrogen (secondary N) is 1. The van der Waals surface area contributed by atoms with Crippen LogP contribution in [0.5, 0.6) is 0 Å². The zero-order chi connectivity index (χ0) is 12.3. The van der Waals surface area contributed by atoms with Crippen LogP contribution >= 0.6 is 0 Å². The van der Waals surface area contributed by atoms with Gasteiger partial charge >= 0.3 is 0 Å². The molecule has 1 aromatic rings. The van der Waals surface area contributed by atoms with Gasteiger partial charge in [-0.3, -0.25) is 0 Å². The molecule has 1 heterocycles. The molecule has 17 heavy (non-hydrogen) atoms. The highest BCUT2D eigenvalue weighted by molar-refractivity contribution is 5.61. The number of nitrogen functional groups attached to an aromatic ring is 1. The van der Waals surface area contributed by atoms with Gasteiger partial charge in [-0.05, 0) is 18.2 Å². The highest BCUT2D eigenvalue weighted by Crippen LogP contribution is 2.21. The fourth-order valence-electron chi connectivity index (χ4n) is 1.77. The number of nitrogens with zero attached hydrogens (tertiary/aromatic N) is 1. The van der Waals surface area contributed by atoms with Gasteiger partial charge in [0.25, 0.3) is 0 Å². The lowest BCUT2D eigenvalue weighted by molar-refractivity contribution is 0.0382. The van der Waals surface area contributed by atoms with Gasteiger partial charge < -0.3 is 20.9 Å². The van der Waals surface area contributed by atoms with Gasteiger partial charge in [0.2, 0.25) is 0 Å². The zero-order valence-electron chi connectivity index (χ0n) is 9.44. The van der Waals surface area contributed by atoms with E-state index in [1.165, 1.54) is 0 Å². The van der Waals surface area contributed by atoms with E-state index in [1.807, 2.05) is 6.07 Å². The van der Waals surface area contributed by atoms with Crippen LogP contribution in [0.1, 0.15) is 12.0 Å². The molecule has 1 aliphatic heterocycles. The Hall–Kier alpha value is -1.77. The van der Waals surface area contributed by atoms with E-state index in [2.05, 4.69) is 5.32 Å². The Balaban J connectivity index is 2.02. The first-order valence-electron chi connectivity index (χ1n) is 5.47. The molecule has 0 spiro atoms. The Bertz CT molecular complexity index is 448. The second-order valence-electron chi connectivity index (χ2n) is 4.29. The van der Waals surface area contributed by atoms with Crippen LogP contribution in [0, 0.1) is 11.3 Å². The van der Waals surface area contributed by atoms with Crippen LogP contribution in [0.15, 0.2) is 18.2 Å². The number of aliphatic hydroxyl groups is 1. The predicted octanol–water partition coefficient (Wildman–Crippen LogP) is 0.704. The molecule has 1 aliphatic rings. The number of benzene rings is 1. The summed E-state index contributed by atoms with van der Waals surface area (Å²) in [5.41, 5.74) is 6.48. The Morgan fingerprint density at radius 2 is 2.41 bits per heavy atom. The minimum absolute atomic E-state index is 0.347. The molecule has 0 aromatic heterocycles. The molecule has 2 rings (SSSR count). The zero-order valence-corrected chi connectivity index (χ0v) is 9.44. The van der Waals surface area contributed by atoms with Crippen molar-refractivity contribution in [2.45, 2.75) is 12.0 Å². The second kappa shape index (κ2) is 4.62. The smallest absolute Gasteiger partial charge is 0.107 e. The molecule has 90 valence electrons. The first-order chi connectivity index (χ1) is 8.13. The summed E-state index contributed by atoms with van der Waals surface area (Å²) in [6.07, 6.45) is 0.625. The summed E-state index contributed by atoms with van der Waals surface area (Å²) in [6, 6.07) is 7.16. The molecular formula is C12H15N3O2. The Morgan fingerprint density at radius 1 is 1.59 bits per heavy atom. The van der Waals surface area contributed by atoms with E-state index >= 15 is 0 Å². The van der Waals surface area contributed by atoms with Gasteiger partial charge in [-0.1, -0.05) is 0 Å². The van der Waals surface area contributed by atoms with Crippen molar-refractivity contribution in [1.29, 1.82) is 5.26 Å². The third-order valence-corrected chi connectivity index (χ3v) is 2.88. The van der Waals surface area contributed by atoms with E-state index in [1.54, 1.807) is 18.2 Å². The maximum absolute atomic E-state index is 10.1. The van der Waals surface area contributed by atoms with E-state index < -0.39 is 5.60 Å². The van der Waals surface area contributed by atoms with Crippen molar-refractivity contribution in [3.8, 4) is 6.07 Å². The molecule has 0 aliphatic carbocycles. The van der Waals surface area contributed by atoms with Crippen LogP contribution in [0.4, 0.5) is 11.4 Å². The molecule has 1 aromatic carbocycles. The third-order valence-electron chi connectivity index (χ3n) is 2.88. The highest BCUT2D eigenvalue weighted by Gasteiger charge is 2.31. The van der Waals surface area contributed by atoms with Crippen molar-refractivity contribution in [3.05, 3.63) is 23.8 Å². The van der Waals surface area contributed by atoms with Crippen molar-refractivity contribution in [2.24, 2.45) is 0 Å². The summed E-state index contributed by atoms with van der Waals surface area (Å²) in [7, 11) is 0. The van der Waals surface area contributed by atoms with Crippen molar-refractivity contribution in [1.82, 2.24) is 0 Å². The van der Waals surface area contributed by atoms with E-state index in [0.29, 0.717) is 37.4 Å². The van der Waals surface area contributed by atoms with Crippen LogP contribution in [-0.2, 0) is 4.74 Å². The third kappa shape index (κ3) is 2.67. The highest BCUT2D eigenvalue weighted by atomic mass is 16.5. The van der Waals surface area contributed by atoms with E-state index in [9.17, 15) is 5.11 Å². The average molecular weight is 233 g/mol. The fraction of sp³-hybridized carbons (Fsp3) is 0.417. The Labute approximate surface area is 99.8 Å². The summed E-state index contributed by atoms with van der Waals surface area (Å²) in [5.74, 6) is 0. The van der Waals surface area contributed by atoms with Crippen LogP contribution in [0.3, 0.4) is 0 Å². The van der Waals surface area contributed by atoms with Gasteiger partial charge in [0.05, 0.1) is 12.2 Å². The topological polar surface area (TPSA) is 91.3 Å². The number of hydrogen-bond donors (Lipinski definition) is 3. The number of anilines is 2. The second-order valence-corrected chi connectivity index (χ2v) is 4.29. The van der Waals surface area contributed by atoms with Crippen LogP contribution < -0.4 is 11.1 Å². The van der Waals surface area contributed by atoms with Gasteiger partial charge in [-0.25, -0.2) is 0 Å². The van der Waals surface area contributed by atoms with Crippen LogP contribution in [0.2, 0.25) is 0 Å². The molecule has 0 amide bonds. The molecule has 0 radical (unpaired) electrons. The lowest BCUT2D eigenvalue weighted by atomic mass is 10.0. The number of hydrogen-bond acceptors (Lipinski definition) is 5. The molecule has 0 saturated carbocycles. The lowest BCUT2D eigenvalue weighted by Gasteiger charge is -2.21. The number of nitrogens with two attached hydrogens (primary N) is 1. The molecular weight excluding hydrogens is 218 g/mol. The minimum Gasteiger partial charge on any atom is -0.398 e. The molecule has 0 bridgehead atoms. The lowest BCUT2D eigenvalue weighted by Crippen LogP contribution is -2.37. The van der Waals surface area contributed by atoms with Gasteiger partial charge in [-0.15, -0.1) is 0 Å². The molecule has 1 unspecified atom stereocenters. The maximum Gasteiger partial charge on any atom is 0.107 e. The van der Waals surface area contributed by atoms with E-state index in [4.69, 9.17) is 15.7 Å². The van der Waals surface area contributed by atoms with Crippen molar-refractivity contribution < 1.29 is 9.84 Å². The molecule has 5 nitrogen and oxygen atoms in total. The molecule has 5 heteroatoms. The number of ether oxygens (including phenoxy) is 1. The minimum atomic E-state index is -0.811. The molecule has 1 atom stereocenters. The quantitative estimate of drug-likeness (QED) is 0.668. The van der Waals surface area contributed by atoms with Gasteiger partial charge in [0, 0.05) is 30.9 Å². The predicted molar refractivity (Wildman–Crippen MR) is 64.4 cm³/mol. The Kier molecular flexibility index (Phi) is 3.18. The molecule has 4 N–H and O–H groups in total. The average Bonchev–Trinajstić information content (AvgIpc) is 2.76. The largest absolute Gasteiger partial charge is 0.398 e. The molecule has 1 fully saturated rings. The van der Waals surface area contributed by atoms with Crippen LogP contribution in [0.25, 0.3) is 0 Å². The number of nitriles is 1. The summed E-state index contributed by atoms with van der Waals surface area (Å²) >= 11 is 0. The van der Waals surface area contributed by atoms with Crippen molar-refractivity contribution >= 4 is 11.4 Å². The Morgan fingerprint density at radius 3 is 3.06 bits per heavy atom. The van der Waals surface area contributed by atoms with E-state index in [-0.39, 0.29) is 0 Å². The monoisotopic (exact) mass is 233 g/mol.